The van der Waals surface area contributed by atoms with Crippen molar-refractivity contribution in [3.8, 4) is 17.2 Å². The number of aromatic nitrogens is 1. The van der Waals surface area contributed by atoms with Crippen molar-refractivity contribution in [3.05, 3.63) is 70.5 Å². The first-order valence-electron chi connectivity index (χ1n) is 9.41. The Kier molecular flexibility index (Phi) is 7.82. The molecule has 1 aromatic heterocycles. The number of hydrogen-bond donors (Lipinski definition) is 2. The predicted octanol–water partition coefficient (Wildman–Crippen LogP) is 5.15. The van der Waals surface area contributed by atoms with Gasteiger partial charge in [0.1, 0.15) is 17.2 Å². The summed E-state index contributed by atoms with van der Waals surface area (Å²) in [7, 11) is 1.27. The number of pyridine rings is 1. The van der Waals surface area contributed by atoms with Crippen LogP contribution in [0.25, 0.3) is 0 Å². The largest absolute Gasteiger partial charge is 0.469 e. The normalized spacial score (nSPS) is 10.7. The van der Waals surface area contributed by atoms with Crippen LogP contribution in [0, 0.1) is 0 Å². The lowest BCUT2D eigenvalue weighted by Crippen LogP contribution is -2.10. The number of alkyl halides is 2. The van der Waals surface area contributed by atoms with Gasteiger partial charge in [-0.1, -0.05) is 22.0 Å². The molecule has 2 aromatic carbocycles. The Bertz CT molecular complexity index is 1100. The summed E-state index contributed by atoms with van der Waals surface area (Å²) in [6.07, 6.45) is 1.40. The van der Waals surface area contributed by atoms with Gasteiger partial charge in [0.05, 0.1) is 36.2 Å². The summed E-state index contributed by atoms with van der Waals surface area (Å²) in [6.45, 7) is -2.95. The molecule has 1 heterocycles. The summed E-state index contributed by atoms with van der Waals surface area (Å²) in [5, 5.41) is 3.12. The molecule has 32 heavy (non-hydrogen) atoms. The van der Waals surface area contributed by atoms with E-state index < -0.39 is 12.6 Å². The van der Waals surface area contributed by atoms with Crippen LogP contribution in [-0.2, 0) is 22.5 Å². The van der Waals surface area contributed by atoms with Gasteiger partial charge in [-0.15, -0.1) is 0 Å². The van der Waals surface area contributed by atoms with E-state index in [2.05, 4.69) is 26.2 Å². The van der Waals surface area contributed by atoms with Crippen LogP contribution >= 0.6 is 15.9 Å². The topological polar surface area (TPSA) is 95.7 Å². The molecule has 3 aromatic rings. The van der Waals surface area contributed by atoms with Gasteiger partial charge in [-0.25, -0.2) is 0 Å². The van der Waals surface area contributed by atoms with Gasteiger partial charge in [-0.2, -0.15) is 8.78 Å². The molecule has 3 rings (SSSR count). The second kappa shape index (κ2) is 10.8. The third kappa shape index (κ3) is 6.07. The molecule has 3 N–H and O–H groups in total. The molecule has 0 fully saturated rings. The lowest BCUT2D eigenvalue weighted by molar-refractivity contribution is -0.139. The standard InChI is InChI=1S/C22H20BrF2N3O4/c1-30-21(29)11-17-20(6-3-9-27-17)31-18-4-2-5-19(32-22(24)25)14(18)12-28-16-10-13(23)7-8-15(16)26/h2-10,22,28H,11-12,26H2,1H3. The van der Waals surface area contributed by atoms with Gasteiger partial charge in [0.25, 0.3) is 0 Å². The summed E-state index contributed by atoms with van der Waals surface area (Å²) >= 11 is 3.37. The molecule has 0 atom stereocenters. The van der Waals surface area contributed by atoms with Gasteiger partial charge >= 0.3 is 12.6 Å². The summed E-state index contributed by atoms with van der Waals surface area (Å²) in [4.78, 5) is 15.9. The maximum Gasteiger partial charge on any atom is 0.387 e. The number of nitrogens with zero attached hydrogens (tertiary/aromatic N) is 1. The molecule has 0 spiro atoms. The molecule has 10 heteroatoms. The Hall–Kier alpha value is -3.40. The van der Waals surface area contributed by atoms with Crippen LogP contribution in [0.15, 0.2) is 59.2 Å². The molecule has 0 aliphatic carbocycles. The van der Waals surface area contributed by atoms with Crippen LogP contribution in [0.2, 0.25) is 0 Å². The molecule has 7 nitrogen and oxygen atoms in total. The third-order valence-corrected chi connectivity index (χ3v) is 4.88. The zero-order chi connectivity index (χ0) is 23.1. The molecule has 0 aliphatic heterocycles. The first-order chi connectivity index (χ1) is 15.4. The van der Waals surface area contributed by atoms with Gasteiger partial charge < -0.3 is 25.3 Å². The molecule has 0 bridgehead atoms. The van der Waals surface area contributed by atoms with Crippen molar-refractivity contribution in [3.63, 3.8) is 0 Å². The number of carbonyl (C=O) groups is 1. The molecule has 0 radical (unpaired) electrons. The first kappa shape index (κ1) is 23.3. The number of benzene rings is 2. The number of esters is 1. The summed E-state index contributed by atoms with van der Waals surface area (Å²) < 4.78 is 42.2. The maximum absolute atomic E-state index is 13.0. The molecule has 0 aliphatic rings. The number of carbonyl (C=O) groups excluding carboxylic acids is 1. The number of anilines is 2. The number of halogens is 3. The highest BCUT2D eigenvalue weighted by atomic mass is 79.9. The highest BCUT2D eigenvalue weighted by molar-refractivity contribution is 9.10. The van der Waals surface area contributed by atoms with Crippen LogP contribution in [0.3, 0.4) is 0 Å². The van der Waals surface area contributed by atoms with Crippen molar-refractivity contribution in [2.75, 3.05) is 18.2 Å². The van der Waals surface area contributed by atoms with Gasteiger partial charge in [-0.3, -0.25) is 9.78 Å². The highest BCUT2D eigenvalue weighted by Crippen LogP contribution is 2.35. The SMILES string of the molecule is COC(=O)Cc1ncccc1Oc1cccc(OC(F)F)c1CNc1cc(Br)ccc1N. The van der Waals surface area contributed by atoms with Crippen molar-refractivity contribution in [1.29, 1.82) is 0 Å². The fourth-order valence-electron chi connectivity index (χ4n) is 2.86. The van der Waals surface area contributed by atoms with Gasteiger partial charge in [0.15, 0.2) is 0 Å². The van der Waals surface area contributed by atoms with E-state index >= 15 is 0 Å². The quantitative estimate of drug-likeness (QED) is 0.305. The van der Waals surface area contributed by atoms with Crippen LogP contribution in [-0.4, -0.2) is 24.7 Å². The molecule has 0 saturated heterocycles. The predicted molar refractivity (Wildman–Crippen MR) is 119 cm³/mol. The van der Waals surface area contributed by atoms with Crippen molar-refractivity contribution >= 4 is 33.3 Å². The number of nitrogen functional groups attached to an aromatic ring is 1. The Morgan fingerprint density at radius 1 is 1.16 bits per heavy atom. The summed E-state index contributed by atoms with van der Waals surface area (Å²) in [5.74, 6) is -0.00835. The van der Waals surface area contributed by atoms with Crippen LogP contribution in [0.5, 0.6) is 17.2 Å². The average molecular weight is 508 g/mol. The van der Waals surface area contributed by atoms with E-state index in [1.807, 2.05) is 0 Å². The number of nitrogens with one attached hydrogen (secondary N) is 1. The second-order valence-corrected chi connectivity index (χ2v) is 7.42. The van der Waals surface area contributed by atoms with E-state index in [1.165, 1.54) is 25.4 Å². The van der Waals surface area contributed by atoms with Gasteiger partial charge in [0.2, 0.25) is 0 Å². The number of methoxy groups -OCH3 is 1. The molecular weight excluding hydrogens is 488 g/mol. The van der Waals surface area contributed by atoms with Crippen molar-refractivity contribution in [2.45, 2.75) is 19.6 Å². The Labute approximate surface area is 191 Å². The zero-order valence-electron chi connectivity index (χ0n) is 17.0. The minimum atomic E-state index is -3.02. The second-order valence-electron chi connectivity index (χ2n) is 6.50. The van der Waals surface area contributed by atoms with E-state index in [-0.39, 0.29) is 30.2 Å². The van der Waals surface area contributed by atoms with Crippen molar-refractivity contribution in [1.82, 2.24) is 4.98 Å². The van der Waals surface area contributed by atoms with E-state index in [1.54, 1.807) is 36.4 Å². The van der Waals surface area contributed by atoms with E-state index in [0.717, 1.165) is 4.47 Å². The van der Waals surface area contributed by atoms with Crippen molar-refractivity contribution in [2.24, 2.45) is 0 Å². The highest BCUT2D eigenvalue weighted by Gasteiger charge is 2.18. The Morgan fingerprint density at radius 2 is 1.91 bits per heavy atom. The Morgan fingerprint density at radius 3 is 2.66 bits per heavy atom. The minimum Gasteiger partial charge on any atom is -0.469 e. The van der Waals surface area contributed by atoms with Crippen LogP contribution < -0.4 is 20.5 Å². The van der Waals surface area contributed by atoms with Gasteiger partial charge in [-0.05, 0) is 42.5 Å². The smallest absolute Gasteiger partial charge is 0.387 e. The number of rotatable bonds is 9. The number of ether oxygens (including phenoxy) is 3. The molecular formula is C22H20BrF2N3O4. The van der Waals surface area contributed by atoms with Gasteiger partial charge in [0, 0.05) is 17.2 Å². The third-order valence-electron chi connectivity index (χ3n) is 4.38. The van der Waals surface area contributed by atoms with Crippen molar-refractivity contribution < 1.29 is 27.8 Å². The van der Waals surface area contributed by atoms with E-state index in [0.29, 0.717) is 22.6 Å². The monoisotopic (exact) mass is 507 g/mol. The summed E-state index contributed by atoms with van der Waals surface area (Å²) in [5.41, 5.74) is 7.75. The average Bonchev–Trinajstić information content (AvgIpc) is 2.76. The number of nitrogens with two attached hydrogens (primary N) is 1. The van der Waals surface area contributed by atoms with E-state index in [9.17, 15) is 13.6 Å². The fraction of sp³-hybridized carbons (Fsp3) is 0.182. The Balaban J connectivity index is 1.94. The lowest BCUT2D eigenvalue weighted by atomic mass is 10.1. The summed E-state index contributed by atoms with van der Waals surface area (Å²) in [6, 6.07) is 13.1. The maximum atomic E-state index is 13.0. The lowest BCUT2D eigenvalue weighted by Gasteiger charge is -2.18. The molecule has 0 saturated carbocycles. The molecule has 0 unspecified atom stereocenters. The zero-order valence-corrected chi connectivity index (χ0v) is 18.6. The first-order valence-corrected chi connectivity index (χ1v) is 10.2. The van der Waals surface area contributed by atoms with Crippen LogP contribution in [0.1, 0.15) is 11.3 Å². The molecule has 0 amide bonds. The molecule has 168 valence electrons. The minimum absolute atomic E-state index is 0.0584. The van der Waals surface area contributed by atoms with E-state index in [4.69, 9.17) is 19.9 Å². The fourth-order valence-corrected chi connectivity index (χ4v) is 3.22. The number of hydrogen-bond acceptors (Lipinski definition) is 7. The van der Waals surface area contributed by atoms with Crippen LogP contribution in [0.4, 0.5) is 20.2 Å².